The maximum atomic E-state index is 11.3. The molecule has 0 saturated carbocycles. The molecule has 1 rings (SSSR count). The molecule has 1 aliphatic rings. The van der Waals surface area contributed by atoms with Gasteiger partial charge in [-0.3, -0.25) is 4.79 Å². The van der Waals surface area contributed by atoms with Crippen LogP contribution in [0.1, 0.15) is 52.4 Å². The van der Waals surface area contributed by atoms with Crippen LogP contribution in [0.15, 0.2) is 0 Å². The van der Waals surface area contributed by atoms with Crippen molar-refractivity contribution in [2.24, 2.45) is 5.92 Å². The molecule has 1 unspecified atom stereocenters. The Kier molecular flexibility index (Phi) is 5.16. The van der Waals surface area contributed by atoms with Gasteiger partial charge in [0.2, 0.25) is 0 Å². The van der Waals surface area contributed by atoms with Crippen molar-refractivity contribution in [2.75, 3.05) is 6.61 Å². The van der Waals surface area contributed by atoms with Crippen LogP contribution < -0.4 is 0 Å². The van der Waals surface area contributed by atoms with Gasteiger partial charge < -0.3 is 4.74 Å². The quantitative estimate of drug-likeness (QED) is 0.613. The van der Waals surface area contributed by atoms with Gasteiger partial charge in [-0.25, -0.2) is 0 Å². The van der Waals surface area contributed by atoms with E-state index in [0.717, 1.165) is 32.3 Å². The summed E-state index contributed by atoms with van der Waals surface area (Å²) < 4.78 is 5.52. The number of rotatable bonds is 6. The Morgan fingerprint density at radius 3 is 2.79 bits per heavy atom. The van der Waals surface area contributed by atoms with E-state index in [1.807, 2.05) is 13.8 Å². The van der Waals surface area contributed by atoms with Gasteiger partial charge in [-0.1, -0.05) is 20.3 Å². The third-order valence-electron chi connectivity index (χ3n) is 2.87. The summed E-state index contributed by atoms with van der Waals surface area (Å²) in [4.78, 5) is 11.3. The summed E-state index contributed by atoms with van der Waals surface area (Å²) in [5.41, 5.74) is 0. The molecule has 0 radical (unpaired) electrons. The van der Waals surface area contributed by atoms with Gasteiger partial charge in [-0.2, -0.15) is 0 Å². The van der Waals surface area contributed by atoms with E-state index in [-0.39, 0.29) is 5.92 Å². The molecule has 1 saturated heterocycles. The Morgan fingerprint density at radius 2 is 2.21 bits per heavy atom. The van der Waals surface area contributed by atoms with Gasteiger partial charge in [0.25, 0.3) is 0 Å². The van der Waals surface area contributed by atoms with Crippen LogP contribution in [0.4, 0.5) is 0 Å². The van der Waals surface area contributed by atoms with Gasteiger partial charge in [0.1, 0.15) is 5.78 Å². The zero-order valence-electron chi connectivity index (χ0n) is 9.42. The molecule has 1 atom stereocenters. The minimum Gasteiger partial charge on any atom is -0.378 e. The summed E-state index contributed by atoms with van der Waals surface area (Å²) in [7, 11) is 0. The van der Waals surface area contributed by atoms with Gasteiger partial charge in [0.05, 0.1) is 6.10 Å². The van der Waals surface area contributed by atoms with Crippen molar-refractivity contribution < 1.29 is 9.53 Å². The fourth-order valence-corrected chi connectivity index (χ4v) is 1.83. The predicted molar refractivity (Wildman–Crippen MR) is 57.3 cm³/mol. The van der Waals surface area contributed by atoms with Gasteiger partial charge in [-0.05, 0) is 25.7 Å². The van der Waals surface area contributed by atoms with Gasteiger partial charge in [0.15, 0.2) is 0 Å². The van der Waals surface area contributed by atoms with Crippen LogP contribution in [0.3, 0.4) is 0 Å². The van der Waals surface area contributed by atoms with Crippen molar-refractivity contribution in [2.45, 2.75) is 58.5 Å². The number of carbonyl (C=O) groups excluding carboxylic acids is 1. The van der Waals surface area contributed by atoms with E-state index in [2.05, 4.69) is 0 Å². The summed E-state index contributed by atoms with van der Waals surface area (Å²) in [6, 6.07) is 0. The molecule has 2 nitrogen and oxygen atoms in total. The molecule has 0 amide bonds. The van der Waals surface area contributed by atoms with E-state index in [1.165, 1.54) is 12.8 Å². The summed E-state index contributed by atoms with van der Waals surface area (Å²) >= 11 is 0. The Labute approximate surface area is 87.0 Å². The van der Waals surface area contributed by atoms with Gasteiger partial charge in [-0.15, -0.1) is 0 Å². The Balaban J connectivity index is 1.96. The Morgan fingerprint density at radius 1 is 1.43 bits per heavy atom. The average molecular weight is 198 g/mol. The van der Waals surface area contributed by atoms with E-state index < -0.39 is 0 Å². The Hall–Kier alpha value is -0.370. The van der Waals surface area contributed by atoms with Crippen LogP contribution in [-0.4, -0.2) is 18.5 Å². The molecule has 0 aromatic rings. The minimum absolute atomic E-state index is 0.206. The zero-order chi connectivity index (χ0) is 10.4. The molecule has 1 fully saturated rings. The standard InChI is InChI=1S/C12H22O2/c1-10(2)12(13)8-4-3-6-11-7-5-9-14-11/h10-11H,3-9H2,1-2H3. The summed E-state index contributed by atoms with van der Waals surface area (Å²) in [5.74, 6) is 0.607. The van der Waals surface area contributed by atoms with Crippen LogP contribution >= 0.6 is 0 Å². The molecule has 1 heterocycles. The SMILES string of the molecule is CC(C)C(=O)CCCCC1CCCO1. The molecule has 2 heteroatoms. The fraction of sp³-hybridized carbons (Fsp3) is 0.917. The number of carbonyl (C=O) groups is 1. The first-order valence-corrected chi connectivity index (χ1v) is 5.84. The van der Waals surface area contributed by atoms with Crippen molar-refractivity contribution in [3.05, 3.63) is 0 Å². The van der Waals surface area contributed by atoms with Crippen molar-refractivity contribution in [3.8, 4) is 0 Å². The largest absolute Gasteiger partial charge is 0.378 e. The number of unbranched alkanes of at least 4 members (excludes halogenated alkanes) is 1. The van der Waals surface area contributed by atoms with Crippen molar-refractivity contribution in [1.82, 2.24) is 0 Å². The maximum absolute atomic E-state index is 11.3. The summed E-state index contributed by atoms with van der Waals surface area (Å²) in [6.07, 6.45) is 7.01. The Bertz CT molecular complexity index is 169. The molecule has 14 heavy (non-hydrogen) atoms. The first-order chi connectivity index (χ1) is 6.70. The maximum Gasteiger partial charge on any atom is 0.135 e. The molecule has 0 N–H and O–H groups in total. The lowest BCUT2D eigenvalue weighted by Crippen LogP contribution is -2.08. The highest BCUT2D eigenvalue weighted by Gasteiger charge is 2.15. The third-order valence-corrected chi connectivity index (χ3v) is 2.87. The molecule has 0 aromatic heterocycles. The lowest BCUT2D eigenvalue weighted by molar-refractivity contribution is -0.122. The van der Waals surface area contributed by atoms with Crippen LogP contribution in [0, 0.1) is 5.92 Å². The second-order valence-corrected chi connectivity index (χ2v) is 4.50. The first-order valence-electron chi connectivity index (χ1n) is 5.84. The lowest BCUT2D eigenvalue weighted by atomic mass is 10.0. The van der Waals surface area contributed by atoms with Gasteiger partial charge in [0, 0.05) is 18.9 Å². The number of hydrogen-bond donors (Lipinski definition) is 0. The highest BCUT2D eigenvalue weighted by molar-refractivity contribution is 5.80. The van der Waals surface area contributed by atoms with Gasteiger partial charge >= 0.3 is 0 Å². The zero-order valence-corrected chi connectivity index (χ0v) is 9.42. The normalized spacial score (nSPS) is 21.8. The van der Waals surface area contributed by atoms with E-state index in [1.54, 1.807) is 0 Å². The molecule has 0 bridgehead atoms. The molecule has 82 valence electrons. The molecule has 0 aliphatic carbocycles. The van der Waals surface area contributed by atoms with E-state index in [4.69, 9.17) is 4.74 Å². The summed E-state index contributed by atoms with van der Waals surface area (Å²) in [5, 5.41) is 0. The van der Waals surface area contributed by atoms with Crippen molar-refractivity contribution >= 4 is 5.78 Å². The number of ether oxygens (including phenoxy) is 1. The third kappa shape index (κ3) is 4.23. The van der Waals surface area contributed by atoms with Crippen LogP contribution in [0.2, 0.25) is 0 Å². The fourth-order valence-electron chi connectivity index (χ4n) is 1.83. The van der Waals surface area contributed by atoms with Crippen molar-refractivity contribution in [3.63, 3.8) is 0 Å². The first kappa shape index (κ1) is 11.7. The number of Topliss-reactive ketones (excluding diaryl/α,β-unsaturated/α-hetero) is 1. The molecule has 0 spiro atoms. The second kappa shape index (κ2) is 6.18. The topological polar surface area (TPSA) is 26.3 Å². The molecular weight excluding hydrogens is 176 g/mol. The molecule has 0 aromatic carbocycles. The number of hydrogen-bond acceptors (Lipinski definition) is 2. The number of ketones is 1. The second-order valence-electron chi connectivity index (χ2n) is 4.50. The smallest absolute Gasteiger partial charge is 0.135 e. The van der Waals surface area contributed by atoms with Crippen LogP contribution in [0.25, 0.3) is 0 Å². The van der Waals surface area contributed by atoms with Crippen molar-refractivity contribution in [1.29, 1.82) is 0 Å². The molecule has 1 aliphatic heterocycles. The van der Waals surface area contributed by atoms with E-state index in [9.17, 15) is 4.79 Å². The van der Waals surface area contributed by atoms with E-state index in [0.29, 0.717) is 11.9 Å². The van der Waals surface area contributed by atoms with Crippen LogP contribution in [0.5, 0.6) is 0 Å². The highest BCUT2D eigenvalue weighted by Crippen LogP contribution is 2.18. The minimum atomic E-state index is 0.206. The lowest BCUT2D eigenvalue weighted by Gasteiger charge is -2.08. The highest BCUT2D eigenvalue weighted by atomic mass is 16.5. The monoisotopic (exact) mass is 198 g/mol. The van der Waals surface area contributed by atoms with E-state index >= 15 is 0 Å². The van der Waals surface area contributed by atoms with Crippen LogP contribution in [-0.2, 0) is 9.53 Å². The summed E-state index contributed by atoms with van der Waals surface area (Å²) in [6.45, 7) is 4.89. The molecular formula is C12H22O2. The predicted octanol–water partition coefficient (Wildman–Crippen LogP) is 2.95. The average Bonchev–Trinajstić information content (AvgIpc) is 2.64.